The lowest BCUT2D eigenvalue weighted by Gasteiger charge is -2.16. The lowest BCUT2D eigenvalue weighted by atomic mass is 9.92. The summed E-state index contributed by atoms with van der Waals surface area (Å²) < 4.78 is 5.80. The summed E-state index contributed by atoms with van der Waals surface area (Å²) in [7, 11) is 0. The minimum atomic E-state index is -0.305. The van der Waals surface area contributed by atoms with E-state index in [0.29, 0.717) is 6.42 Å². The highest BCUT2D eigenvalue weighted by molar-refractivity contribution is 5.74. The average molecular weight is 291 g/mol. The highest BCUT2D eigenvalue weighted by Gasteiger charge is 2.09. The van der Waals surface area contributed by atoms with E-state index in [9.17, 15) is 4.79 Å². The van der Waals surface area contributed by atoms with Gasteiger partial charge in [-0.25, -0.2) is 5.48 Å². The molecule has 0 saturated carbocycles. The van der Waals surface area contributed by atoms with Crippen LogP contribution >= 0.6 is 0 Å². The van der Waals surface area contributed by atoms with Gasteiger partial charge in [-0.2, -0.15) is 0 Å². The van der Waals surface area contributed by atoms with Gasteiger partial charge in [-0.05, 0) is 61.8 Å². The molecule has 0 saturated heterocycles. The van der Waals surface area contributed by atoms with Crippen LogP contribution in [0.4, 0.5) is 0 Å². The molecule has 0 aromatic heterocycles. The first-order chi connectivity index (χ1) is 10.3. The summed E-state index contributed by atoms with van der Waals surface area (Å²) in [6, 6.07) is 6.48. The van der Waals surface area contributed by atoms with Crippen molar-refractivity contribution in [3.05, 3.63) is 29.3 Å². The third kappa shape index (κ3) is 5.38. The zero-order valence-electron chi connectivity index (χ0n) is 12.6. The first-order valence-corrected chi connectivity index (χ1v) is 7.97. The molecule has 0 radical (unpaired) electrons. The van der Waals surface area contributed by atoms with Crippen molar-refractivity contribution in [1.82, 2.24) is 5.48 Å². The third-order valence-corrected chi connectivity index (χ3v) is 4.01. The highest BCUT2D eigenvalue weighted by Crippen LogP contribution is 2.25. The van der Waals surface area contributed by atoms with Crippen LogP contribution in [0.5, 0.6) is 5.75 Å². The van der Waals surface area contributed by atoms with Gasteiger partial charge < -0.3 is 4.74 Å². The molecule has 2 N–H and O–H groups in total. The van der Waals surface area contributed by atoms with Gasteiger partial charge in [0.2, 0.25) is 5.91 Å². The molecule has 4 heteroatoms. The number of nitrogens with one attached hydrogen (secondary N) is 1. The average Bonchev–Trinajstić information content (AvgIpc) is 2.53. The van der Waals surface area contributed by atoms with Gasteiger partial charge in [0.25, 0.3) is 0 Å². The minimum absolute atomic E-state index is 0.305. The molecule has 4 nitrogen and oxygen atoms in total. The fraction of sp³-hybridized carbons (Fsp3) is 0.588. The zero-order valence-corrected chi connectivity index (χ0v) is 12.6. The number of rotatable bonds is 8. The molecular weight excluding hydrogens is 266 g/mol. The lowest BCUT2D eigenvalue weighted by Crippen LogP contribution is -2.17. The number of hydrogen-bond donors (Lipinski definition) is 2. The van der Waals surface area contributed by atoms with E-state index in [4.69, 9.17) is 9.94 Å². The summed E-state index contributed by atoms with van der Waals surface area (Å²) in [6.45, 7) is 0.727. The number of carbonyl (C=O) groups excluding carboxylic acids is 1. The zero-order chi connectivity index (χ0) is 14.9. The van der Waals surface area contributed by atoms with Crippen LogP contribution in [-0.2, 0) is 17.6 Å². The van der Waals surface area contributed by atoms with Crippen LogP contribution in [0.15, 0.2) is 18.2 Å². The van der Waals surface area contributed by atoms with Crippen molar-refractivity contribution < 1.29 is 14.7 Å². The Morgan fingerprint density at radius 1 is 1.10 bits per heavy atom. The number of amides is 1. The van der Waals surface area contributed by atoms with Crippen LogP contribution in [0.25, 0.3) is 0 Å². The summed E-state index contributed by atoms with van der Waals surface area (Å²) >= 11 is 0. The van der Waals surface area contributed by atoms with Crippen LogP contribution in [0.2, 0.25) is 0 Å². The molecule has 0 unspecified atom stereocenters. The van der Waals surface area contributed by atoms with Crippen LogP contribution in [0.3, 0.4) is 0 Å². The van der Waals surface area contributed by atoms with Crippen LogP contribution < -0.4 is 10.2 Å². The molecule has 21 heavy (non-hydrogen) atoms. The van der Waals surface area contributed by atoms with Crippen molar-refractivity contribution in [3.63, 3.8) is 0 Å². The number of hydroxylamine groups is 1. The number of aryl methyl sites for hydroxylation is 2. The second kappa shape index (κ2) is 8.67. The van der Waals surface area contributed by atoms with Gasteiger partial charge in [0, 0.05) is 6.42 Å². The summed E-state index contributed by atoms with van der Waals surface area (Å²) in [5.74, 6) is 0.676. The Morgan fingerprint density at radius 2 is 1.86 bits per heavy atom. The Bertz CT molecular complexity index is 459. The van der Waals surface area contributed by atoms with Gasteiger partial charge in [-0.3, -0.25) is 10.0 Å². The number of unbranched alkanes of at least 4 members (excludes halogenated alkanes) is 3. The molecule has 1 aromatic rings. The summed E-state index contributed by atoms with van der Waals surface area (Å²) in [5.41, 5.74) is 4.58. The van der Waals surface area contributed by atoms with Crippen LogP contribution in [-0.4, -0.2) is 17.7 Å². The van der Waals surface area contributed by atoms with Crippen molar-refractivity contribution in [2.24, 2.45) is 0 Å². The largest absolute Gasteiger partial charge is 0.494 e. The van der Waals surface area contributed by atoms with Crippen molar-refractivity contribution in [2.75, 3.05) is 6.61 Å². The SMILES string of the molecule is O=C(CCCCCCOc1ccc2c(c1)CCCC2)NO. The molecule has 116 valence electrons. The quantitative estimate of drug-likeness (QED) is 0.438. The van der Waals surface area contributed by atoms with E-state index < -0.39 is 0 Å². The van der Waals surface area contributed by atoms with Crippen LogP contribution in [0.1, 0.15) is 56.1 Å². The van der Waals surface area contributed by atoms with Gasteiger partial charge in [-0.1, -0.05) is 18.9 Å². The molecule has 0 aliphatic heterocycles. The first-order valence-electron chi connectivity index (χ1n) is 7.97. The van der Waals surface area contributed by atoms with Crippen LogP contribution in [0, 0.1) is 0 Å². The Hall–Kier alpha value is -1.55. The van der Waals surface area contributed by atoms with E-state index in [1.54, 1.807) is 5.48 Å². The van der Waals surface area contributed by atoms with Gasteiger partial charge in [0.1, 0.15) is 5.75 Å². The van der Waals surface area contributed by atoms with Crippen molar-refractivity contribution >= 4 is 5.91 Å². The van der Waals surface area contributed by atoms with Crippen molar-refractivity contribution in [2.45, 2.75) is 57.8 Å². The fourth-order valence-electron chi connectivity index (χ4n) is 2.79. The molecule has 1 amide bonds. The van der Waals surface area contributed by atoms with Gasteiger partial charge >= 0.3 is 0 Å². The second-order valence-corrected chi connectivity index (χ2v) is 5.69. The lowest BCUT2D eigenvalue weighted by molar-refractivity contribution is -0.129. The number of benzene rings is 1. The summed E-state index contributed by atoms with van der Waals surface area (Å²) in [6.07, 6.45) is 9.21. The number of fused-ring (bicyclic) bond motifs is 1. The number of ether oxygens (including phenoxy) is 1. The Kier molecular flexibility index (Phi) is 6.54. The van der Waals surface area contributed by atoms with Gasteiger partial charge in [0.15, 0.2) is 0 Å². The van der Waals surface area contributed by atoms with Crippen molar-refractivity contribution in [3.8, 4) is 5.75 Å². The Labute approximate surface area is 126 Å². The molecule has 1 aliphatic rings. The molecule has 1 aliphatic carbocycles. The fourth-order valence-corrected chi connectivity index (χ4v) is 2.79. The predicted octanol–water partition coefficient (Wildman–Crippen LogP) is 3.40. The third-order valence-electron chi connectivity index (χ3n) is 4.01. The Morgan fingerprint density at radius 3 is 2.67 bits per heavy atom. The smallest absolute Gasteiger partial charge is 0.243 e. The molecule has 0 atom stereocenters. The maximum atomic E-state index is 10.8. The van der Waals surface area contributed by atoms with E-state index in [2.05, 4.69) is 18.2 Å². The number of carbonyl (C=O) groups is 1. The topological polar surface area (TPSA) is 58.6 Å². The van der Waals surface area contributed by atoms with E-state index in [1.165, 1.54) is 36.8 Å². The molecule has 1 aromatic carbocycles. The minimum Gasteiger partial charge on any atom is -0.494 e. The molecule has 0 heterocycles. The first kappa shape index (κ1) is 15.8. The number of hydrogen-bond acceptors (Lipinski definition) is 3. The van der Waals surface area contributed by atoms with E-state index in [1.807, 2.05) is 0 Å². The standard InChI is InChI=1S/C17H25NO3/c19-17(18-20)9-3-1-2-6-12-21-16-11-10-14-7-4-5-8-15(14)13-16/h10-11,13,20H,1-9,12H2,(H,18,19). The highest BCUT2D eigenvalue weighted by atomic mass is 16.5. The van der Waals surface area contributed by atoms with E-state index >= 15 is 0 Å². The van der Waals surface area contributed by atoms with E-state index in [-0.39, 0.29) is 5.91 Å². The second-order valence-electron chi connectivity index (χ2n) is 5.69. The van der Waals surface area contributed by atoms with Crippen molar-refractivity contribution in [1.29, 1.82) is 0 Å². The van der Waals surface area contributed by atoms with E-state index in [0.717, 1.165) is 38.0 Å². The molecule has 2 rings (SSSR count). The predicted molar refractivity (Wildman–Crippen MR) is 81.6 cm³/mol. The monoisotopic (exact) mass is 291 g/mol. The normalized spacial score (nSPS) is 13.6. The molecule has 0 bridgehead atoms. The van der Waals surface area contributed by atoms with Gasteiger partial charge in [0.05, 0.1) is 6.61 Å². The maximum Gasteiger partial charge on any atom is 0.243 e. The summed E-state index contributed by atoms with van der Waals surface area (Å²) in [5, 5.41) is 8.37. The maximum absolute atomic E-state index is 10.8. The molecular formula is C17H25NO3. The molecule has 0 spiro atoms. The Balaban J connectivity index is 1.59. The molecule has 0 fully saturated rings. The van der Waals surface area contributed by atoms with Gasteiger partial charge in [-0.15, -0.1) is 0 Å². The summed E-state index contributed by atoms with van der Waals surface area (Å²) in [4.78, 5) is 10.8.